The molecule has 3 rings (SSSR count). The lowest BCUT2D eigenvalue weighted by Gasteiger charge is -2.27. The largest absolute Gasteiger partial charge is 0.387 e. The average molecular weight is 543 g/mol. The van der Waals surface area contributed by atoms with E-state index in [9.17, 15) is 5.11 Å². The highest BCUT2D eigenvalue weighted by Crippen LogP contribution is 2.13. The molecule has 1 unspecified atom stereocenters. The van der Waals surface area contributed by atoms with Gasteiger partial charge in [-0.3, -0.25) is 4.90 Å². The molecule has 0 saturated carbocycles. The summed E-state index contributed by atoms with van der Waals surface area (Å²) in [6.45, 7) is 9.84. The van der Waals surface area contributed by atoms with E-state index in [4.69, 9.17) is 4.74 Å². The molecule has 9 nitrogen and oxygen atoms in total. The van der Waals surface area contributed by atoms with Gasteiger partial charge in [-0.05, 0) is 19.4 Å². The molecule has 3 N–H and O–H groups in total. The molecule has 1 aromatic carbocycles. The maximum Gasteiger partial charge on any atom is 0.191 e. The lowest BCUT2D eigenvalue weighted by atomic mass is 10.1. The van der Waals surface area contributed by atoms with Gasteiger partial charge < -0.3 is 25.0 Å². The number of nitrogens with zero attached hydrogens (tertiary/aromatic N) is 5. The van der Waals surface area contributed by atoms with Crippen molar-refractivity contribution in [1.82, 2.24) is 30.3 Å². The first-order chi connectivity index (χ1) is 14.5. The van der Waals surface area contributed by atoms with Crippen molar-refractivity contribution in [2.45, 2.75) is 26.5 Å². The lowest BCUT2D eigenvalue weighted by Crippen LogP contribution is -2.45. The molecule has 0 amide bonds. The second-order valence-corrected chi connectivity index (χ2v) is 7.58. The number of guanidine groups is 1. The SMILES string of the molecule is Cc1cccc(C(O)CNC(=NCc2nnc(C)n2C)NCCN2CCOCC2)c1.I. The lowest BCUT2D eigenvalue weighted by molar-refractivity contribution is 0.0389. The van der Waals surface area contributed by atoms with Gasteiger partial charge >= 0.3 is 0 Å². The molecule has 1 fully saturated rings. The molecule has 1 saturated heterocycles. The molecule has 0 bridgehead atoms. The molecule has 2 aromatic rings. The van der Waals surface area contributed by atoms with Gasteiger partial charge in [0.15, 0.2) is 11.8 Å². The van der Waals surface area contributed by atoms with Gasteiger partial charge in [-0.15, -0.1) is 34.2 Å². The first-order valence-corrected chi connectivity index (χ1v) is 10.4. The highest BCUT2D eigenvalue weighted by atomic mass is 127. The Morgan fingerprint density at radius 1 is 1.23 bits per heavy atom. The van der Waals surface area contributed by atoms with E-state index in [0.29, 0.717) is 19.0 Å². The normalized spacial score (nSPS) is 15.9. The number of rotatable bonds is 8. The Kier molecular flexibility index (Phi) is 10.6. The van der Waals surface area contributed by atoms with E-state index in [1.807, 2.05) is 49.7 Å². The van der Waals surface area contributed by atoms with E-state index in [0.717, 1.165) is 62.2 Å². The zero-order valence-electron chi connectivity index (χ0n) is 18.5. The zero-order chi connectivity index (χ0) is 21.3. The topological polar surface area (TPSA) is 99.8 Å². The number of aliphatic hydroxyl groups is 1. The van der Waals surface area contributed by atoms with Crippen LogP contribution in [-0.4, -0.2) is 76.7 Å². The Labute approximate surface area is 201 Å². The van der Waals surface area contributed by atoms with Gasteiger partial charge in [-0.25, -0.2) is 4.99 Å². The number of ether oxygens (including phenoxy) is 1. The Balaban J connectivity index is 0.00000341. The van der Waals surface area contributed by atoms with Crippen LogP contribution in [0.25, 0.3) is 0 Å². The Morgan fingerprint density at radius 3 is 2.68 bits per heavy atom. The quantitative estimate of drug-likeness (QED) is 0.261. The molecule has 1 aliphatic heterocycles. The Morgan fingerprint density at radius 2 is 2.00 bits per heavy atom. The van der Waals surface area contributed by atoms with Gasteiger partial charge in [0, 0.05) is 39.8 Å². The highest BCUT2D eigenvalue weighted by molar-refractivity contribution is 14.0. The van der Waals surface area contributed by atoms with E-state index >= 15 is 0 Å². The van der Waals surface area contributed by atoms with Gasteiger partial charge in [0.2, 0.25) is 0 Å². The summed E-state index contributed by atoms with van der Waals surface area (Å²) in [5.74, 6) is 2.29. The Bertz CT molecular complexity index is 837. The third-order valence-corrected chi connectivity index (χ3v) is 5.28. The number of halogens is 1. The monoisotopic (exact) mass is 543 g/mol. The smallest absolute Gasteiger partial charge is 0.191 e. The van der Waals surface area contributed by atoms with Crippen LogP contribution in [0.5, 0.6) is 0 Å². The predicted octanol–water partition coefficient (Wildman–Crippen LogP) is 1.15. The summed E-state index contributed by atoms with van der Waals surface area (Å²) in [5.41, 5.74) is 2.01. The number of hydrogen-bond acceptors (Lipinski definition) is 6. The number of benzene rings is 1. The van der Waals surface area contributed by atoms with Crippen LogP contribution in [0.2, 0.25) is 0 Å². The molecular weight excluding hydrogens is 509 g/mol. The van der Waals surface area contributed by atoms with E-state index in [2.05, 4.69) is 30.7 Å². The predicted molar refractivity (Wildman–Crippen MR) is 132 cm³/mol. The van der Waals surface area contributed by atoms with Gasteiger partial charge in [0.25, 0.3) is 0 Å². The van der Waals surface area contributed by atoms with Crippen LogP contribution < -0.4 is 10.6 Å². The fraction of sp³-hybridized carbons (Fsp3) is 0.571. The number of aryl methyl sites for hydroxylation is 2. The third kappa shape index (κ3) is 8.02. The van der Waals surface area contributed by atoms with Crippen molar-refractivity contribution in [2.75, 3.05) is 45.9 Å². The number of aliphatic hydroxyl groups excluding tert-OH is 1. The standard InChI is InChI=1S/C21H33N7O2.HI/c1-16-5-4-6-18(13-16)19(29)14-23-21(22-7-8-28-9-11-30-12-10-28)24-15-20-26-25-17(2)27(20)3;/h4-6,13,19,29H,7-12,14-15H2,1-3H3,(H2,22,23,24);1H. The molecule has 172 valence electrons. The summed E-state index contributed by atoms with van der Waals surface area (Å²) in [6.07, 6.45) is -0.617. The maximum atomic E-state index is 10.6. The summed E-state index contributed by atoms with van der Waals surface area (Å²) in [5, 5.41) is 25.4. The van der Waals surface area contributed by atoms with Gasteiger partial charge in [0.05, 0.1) is 19.3 Å². The van der Waals surface area contributed by atoms with Crippen molar-refractivity contribution in [3.8, 4) is 0 Å². The van der Waals surface area contributed by atoms with Crippen molar-refractivity contribution in [1.29, 1.82) is 0 Å². The highest BCUT2D eigenvalue weighted by Gasteiger charge is 2.12. The molecule has 1 aromatic heterocycles. The number of aromatic nitrogens is 3. The minimum Gasteiger partial charge on any atom is -0.387 e. The number of nitrogens with one attached hydrogen (secondary N) is 2. The molecule has 0 spiro atoms. The summed E-state index contributed by atoms with van der Waals surface area (Å²) in [7, 11) is 1.93. The summed E-state index contributed by atoms with van der Waals surface area (Å²) in [4.78, 5) is 7.01. The van der Waals surface area contributed by atoms with Crippen LogP contribution in [0.1, 0.15) is 28.9 Å². The number of hydrogen-bond donors (Lipinski definition) is 3. The van der Waals surface area contributed by atoms with Gasteiger partial charge in [0.1, 0.15) is 12.4 Å². The van der Waals surface area contributed by atoms with Crippen molar-refractivity contribution >= 4 is 29.9 Å². The van der Waals surface area contributed by atoms with Gasteiger partial charge in [-0.2, -0.15) is 0 Å². The van der Waals surface area contributed by atoms with Crippen LogP contribution in [-0.2, 0) is 18.3 Å². The zero-order valence-corrected chi connectivity index (χ0v) is 20.9. The van der Waals surface area contributed by atoms with Crippen molar-refractivity contribution in [2.24, 2.45) is 12.0 Å². The van der Waals surface area contributed by atoms with E-state index in [1.165, 1.54) is 0 Å². The maximum absolute atomic E-state index is 10.6. The van der Waals surface area contributed by atoms with Crippen LogP contribution in [0, 0.1) is 13.8 Å². The minimum absolute atomic E-state index is 0. The summed E-state index contributed by atoms with van der Waals surface area (Å²) >= 11 is 0. The fourth-order valence-corrected chi connectivity index (χ4v) is 3.26. The van der Waals surface area contributed by atoms with Crippen molar-refractivity contribution in [3.05, 3.63) is 47.0 Å². The van der Waals surface area contributed by atoms with Crippen LogP contribution in [0.3, 0.4) is 0 Å². The average Bonchev–Trinajstić information content (AvgIpc) is 3.08. The van der Waals surface area contributed by atoms with E-state index in [-0.39, 0.29) is 24.0 Å². The molecule has 2 heterocycles. The summed E-state index contributed by atoms with van der Waals surface area (Å²) < 4.78 is 7.33. The first kappa shape index (κ1) is 25.5. The van der Waals surface area contributed by atoms with E-state index in [1.54, 1.807) is 0 Å². The molecule has 10 heteroatoms. The second kappa shape index (κ2) is 12.9. The number of aliphatic imine (C=N–C) groups is 1. The third-order valence-electron chi connectivity index (χ3n) is 5.28. The van der Waals surface area contributed by atoms with Crippen LogP contribution in [0.4, 0.5) is 0 Å². The van der Waals surface area contributed by atoms with Crippen molar-refractivity contribution in [3.63, 3.8) is 0 Å². The summed E-state index contributed by atoms with van der Waals surface area (Å²) in [6, 6.07) is 7.91. The molecule has 0 aliphatic carbocycles. The minimum atomic E-state index is -0.617. The Hall–Kier alpha value is -1.76. The molecule has 31 heavy (non-hydrogen) atoms. The van der Waals surface area contributed by atoms with Crippen LogP contribution in [0.15, 0.2) is 29.3 Å². The molecule has 1 aliphatic rings. The molecule has 1 atom stereocenters. The van der Waals surface area contributed by atoms with Crippen molar-refractivity contribution < 1.29 is 9.84 Å². The van der Waals surface area contributed by atoms with E-state index < -0.39 is 6.10 Å². The van der Waals surface area contributed by atoms with Crippen LogP contribution >= 0.6 is 24.0 Å². The second-order valence-electron chi connectivity index (χ2n) is 7.58. The molecule has 0 radical (unpaired) electrons. The molecular formula is C21H34IN7O2. The first-order valence-electron chi connectivity index (χ1n) is 10.4. The fourth-order valence-electron chi connectivity index (χ4n) is 3.26. The number of morpholine rings is 1. The van der Waals surface area contributed by atoms with Gasteiger partial charge in [-0.1, -0.05) is 29.8 Å².